The van der Waals surface area contributed by atoms with Crippen LogP contribution in [0.15, 0.2) is 12.7 Å². The number of aliphatic hydroxyl groups is 1. The first-order chi connectivity index (χ1) is 14.1. The number of nitrogen functional groups attached to an aromatic ring is 1. The molecule has 0 aliphatic carbocycles. The number of hydrogen-bond acceptors (Lipinski definition) is 11. The van der Waals surface area contributed by atoms with Crippen LogP contribution in [0.3, 0.4) is 0 Å². The SMILES string of the molecule is Nc1ncnc2c1ncn2[C@@H]1O[C@@H]2COP(=O)(O)OP(=O)(O)NCC(=O)N[C@H]2[C@H]1O. The molecule has 0 bridgehead atoms. The van der Waals surface area contributed by atoms with Crippen LogP contribution < -0.4 is 16.1 Å². The number of carbonyl (C=O) groups excluding carboxylic acids is 1. The third-order valence-electron chi connectivity index (χ3n) is 4.42. The van der Waals surface area contributed by atoms with Gasteiger partial charge in [0, 0.05) is 0 Å². The van der Waals surface area contributed by atoms with Crippen molar-refractivity contribution in [2.45, 2.75) is 24.5 Å². The minimum Gasteiger partial charge on any atom is -0.386 e. The van der Waals surface area contributed by atoms with Crippen molar-refractivity contribution in [1.82, 2.24) is 29.9 Å². The van der Waals surface area contributed by atoms with Gasteiger partial charge in [-0.05, 0) is 0 Å². The molecule has 2 fully saturated rings. The lowest BCUT2D eigenvalue weighted by molar-refractivity contribution is -0.121. The first kappa shape index (κ1) is 21.2. The lowest BCUT2D eigenvalue weighted by atomic mass is 10.1. The molecule has 0 saturated carbocycles. The Morgan fingerprint density at radius 2 is 2.03 bits per heavy atom. The number of ether oxygens (including phenoxy) is 1. The van der Waals surface area contributed by atoms with Crippen LogP contribution in [0.25, 0.3) is 11.2 Å². The van der Waals surface area contributed by atoms with Crippen molar-refractivity contribution in [3.63, 3.8) is 0 Å². The van der Waals surface area contributed by atoms with E-state index in [9.17, 15) is 28.8 Å². The molecular formula is C12H17N7O9P2. The van der Waals surface area contributed by atoms with Crippen molar-refractivity contribution in [1.29, 1.82) is 0 Å². The fourth-order valence-electron chi connectivity index (χ4n) is 3.12. The zero-order valence-corrected chi connectivity index (χ0v) is 16.7. The molecule has 18 heteroatoms. The topological polar surface area (TPSA) is 233 Å². The number of carbonyl (C=O) groups is 1. The maximum Gasteiger partial charge on any atom is 0.480 e. The van der Waals surface area contributed by atoms with Crippen LogP contribution >= 0.6 is 15.6 Å². The Hall–Kier alpha value is -2.00. The Bertz CT molecular complexity index is 1080. The van der Waals surface area contributed by atoms with Crippen LogP contribution in [-0.2, 0) is 27.5 Å². The molecule has 6 atom stereocenters. The van der Waals surface area contributed by atoms with Gasteiger partial charge < -0.3 is 30.7 Å². The van der Waals surface area contributed by atoms with Crippen molar-refractivity contribution in [2.24, 2.45) is 0 Å². The Labute approximate surface area is 167 Å². The number of rotatable bonds is 1. The molecule has 0 radical (unpaired) electrons. The number of aromatic nitrogens is 4. The zero-order valence-electron chi connectivity index (χ0n) is 14.9. The maximum atomic E-state index is 12.1. The molecule has 2 aliphatic heterocycles. The molecule has 16 nitrogen and oxygen atoms in total. The van der Waals surface area contributed by atoms with Gasteiger partial charge in [0.15, 0.2) is 17.7 Å². The quantitative estimate of drug-likeness (QED) is 0.250. The summed E-state index contributed by atoms with van der Waals surface area (Å²) in [6.07, 6.45) is -1.13. The standard InChI is InChI=1S/C12H17N7O9P2/c13-10-8-11(15-3-14-10)19(4-16-8)12-9(21)7-5(27-12)2-26-30(24,25)28-29(22,23)17-1-6(20)18-7/h3-5,7,9,12,21H,1-2H2,(H,18,20)(H,24,25)(H2,13,14,15)(H2,17,22,23)/t5-,7-,9-,12-/m1/s1. The summed E-state index contributed by atoms with van der Waals surface area (Å²) in [7, 11) is -9.80. The first-order valence-corrected chi connectivity index (χ1v) is 11.5. The summed E-state index contributed by atoms with van der Waals surface area (Å²) in [5, 5.41) is 15.0. The summed E-state index contributed by atoms with van der Waals surface area (Å²) in [4.78, 5) is 43.3. The summed E-state index contributed by atoms with van der Waals surface area (Å²) in [5.74, 6) is -0.695. The van der Waals surface area contributed by atoms with Crippen molar-refractivity contribution in [3.05, 3.63) is 12.7 Å². The van der Waals surface area contributed by atoms with Gasteiger partial charge >= 0.3 is 15.6 Å². The van der Waals surface area contributed by atoms with E-state index < -0.39 is 59.1 Å². The third-order valence-corrected chi connectivity index (χ3v) is 7.16. The van der Waals surface area contributed by atoms with Crippen LogP contribution in [0.4, 0.5) is 5.82 Å². The molecule has 2 aromatic rings. The predicted molar refractivity (Wildman–Crippen MR) is 96.3 cm³/mol. The molecule has 0 spiro atoms. The fourth-order valence-corrected chi connectivity index (χ4v) is 5.33. The molecule has 2 aromatic heterocycles. The van der Waals surface area contributed by atoms with Crippen molar-refractivity contribution in [2.75, 3.05) is 18.9 Å². The van der Waals surface area contributed by atoms with Crippen LogP contribution in [-0.4, -0.2) is 71.7 Å². The van der Waals surface area contributed by atoms with E-state index in [1.165, 1.54) is 17.2 Å². The number of aliphatic hydroxyl groups excluding tert-OH is 1. The molecule has 2 saturated heterocycles. The number of nitrogens with zero attached hydrogens (tertiary/aromatic N) is 4. The van der Waals surface area contributed by atoms with E-state index >= 15 is 0 Å². The predicted octanol–water partition coefficient (Wildman–Crippen LogP) is -2.01. The van der Waals surface area contributed by atoms with E-state index in [2.05, 4.69) is 24.6 Å². The van der Waals surface area contributed by atoms with Crippen LogP contribution in [0.5, 0.6) is 0 Å². The lowest BCUT2D eigenvalue weighted by Crippen LogP contribution is -2.50. The normalized spacial score (nSPS) is 38.0. The minimum absolute atomic E-state index is 0.107. The number of anilines is 1. The van der Waals surface area contributed by atoms with Gasteiger partial charge in [0.25, 0.3) is 0 Å². The number of nitrogens with one attached hydrogen (secondary N) is 2. The molecule has 1 amide bonds. The smallest absolute Gasteiger partial charge is 0.386 e. The highest BCUT2D eigenvalue weighted by Crippen LogP contribution is 2.58. The van der Waals surface area contributed by atoms with Crippen molar-refractivity contribution < 1.29 is 42.4 Å². The van der Waals surface area contributed by atoms with Gasteiger partial charge in [-0.2, -0.15) is 4.31 Å². The fraction of sp³-hybridized carbons (Fsp3) is 0.500. The molecule has 2 unspecified atom stereocenters. The number of amides is 1. The molecule has 30 heavy (non-hydrogen) atoms. The van der Waals surface area contributed by atoms with Crippen molar-refractivity contribution >= 4 is 38.5 Å². The number of fused-ring (bicyclic) bond motifs is 2. The Morgan fingerprint density at radius 3 is 2.80 bits per heavy atom. The Kier molecular flexibility index (Phi) is 5.38. The highest BCUT2D eigenvalue weighted by molar-refractivity contribution is 7.62. The number of phosphoric acid groups is 1. The second kappa shape index (κ2) is 7.60. The zero-order chi connectivity index (χ0) is 21.7. The van der Waals surface area contributed by atoms with Gasteiger partial charge in [0.2, 0.25) is 5.91 Å². The molecule has 4 rings (SSSR count). The largest absolute Gasteiger partial charge is 0.480 e. The number of nitrogens with two attached hydrogens (primary N) is 1. The second-order valence-electron chi connectivity index (χ2n) is 6.43. The van der Waals surface area contributed by atoms with Gasteiger partial charge in [-0.25, -0.2) is 29.2 Å². The Morgan fingerprint density at radius 1 is 1.27 bits per heavy atom. The minimum atomic E-state index is -4.99. The van der Waals surface area contributed by atoms with Crippen LogP contribution in [0.2, 0.25) is 0 Å². The summed E-state index contributed by atoms with van der Waals surface area (Å²) in [6.45, 7) is -1.40. The van der Waals surface area contributed by atoms with E-state index in [4.69, 9.17) is 15.0 Å². The Balaban J connectivity index is 1.64. The summed E-state index contributed by atoms with van der Waals surface area (Å²) < 4.78 is 39.7. The van der Waals surface area contributed by atoms with E-state index in [0.29, 0.717) is 0 Å². The van der Waals surface area contributed by atoms with E-state index in [1.54, 1.807) is 0 Å². The highest BCUT2D eigenvalue weighted by Gasteiger charge is 2.48. The van der Waals surface area contributed by atoms with E-state index in [-0.39, 0.29) is 17.0 Å². The summed E-state index contributed by atoms with van der Waals surface area (Å²) in [6, 6.07) is -1.11. The van der Waals surface area contributed by atoms with E-state index in [1.807, 2.05) is 5.09 Å². The molecule has 4 heterocycles. The molecule has 7 N–H and O–H groups in total. The van der Waals surface area contributed by atoms with Crippen LogP contribution in [0, 0.1) is 0 Å². The summed E-state index contributed by atoms with van der Waals surface area (Å²) in [5.41, 5.74) is 6.26. The molecular weight excluding hydrogens is 448 g/mol. The lowest BCUT2D eigenvalue weighted by Gasteiger charge is -2.21. The average Bonchev–Trinajstić information content (AvgIpc) is 3.20. The van der Waals surface area contributed by atoms with Crippen LogP contribution in [0.1, 0.15) is 6.23 Å². The summed E-state index contributed by atoms with van der Waals surface area (Å²) >= 11 is 0. The van der Waals surface area contributed by atoms with E-state index in [0.717, 1.165) is 0 Å². The highest BCUT2D eigenvalue weighted by atomic mass is 31.3. The number of imidazole rings is 1. The monoisotopic (exact) mass is 465 g/mol. The third kappa shape index (κ3) is 4.09. The van der Waals surface area contributed by atoms with Crippen molar-refractivity contribution in [3.8, 4) is 0 Å². The molecule has 0 aromatic carbocycles. The van der Waals surface area contributed by atoms with Gasteiger partial charge in [-0.3, -0.25) is 13.9 Å². The molecule has 2 aliphatic rings. The second-order valence-corrected chi connectivity index (χ2v) is 9.64. The van der Waals surface area contributed by atoms with Gasteiger partial charge in [-0.15, -0.1) is 0 Å². The number of hydrogen-bond donors (Lipinski definition) is 6. The van der Waals surface area contributed by atoms with Gasteiger partial charge in [-0.1, -0.05) is 0 Å². The maximum absolute atomic E-state index is 12.1. The average molecular weight is 465 g/mol. The molecule has 164 valence electrons. The van der Waals surface area contributed by atoms with Gasteiger partial charge in [0.1, 0.15) is 24.1 Å². The van der Waals surface area contributed by atoms with Gasteiger partial charge in [0.05, 0.1) is 25.5 Å². The number of phosphoric ester groups is 1. The first-order valence-electron chi connectivity index (χ1n) is 8.39.